The maximum Gasteiger partial charge on any atom is 0.0948 e. The predicted octanol–water partition coefficient (Wildman–Crippen LogP) is 2.82. The summed E-state index contributed by atoms with van der Waals surface area (Å²) in [7, 11) is 0. The number of rotatable bonds is 6. The first-order valence-electron chi connectivity index (χ1n) is 7.01. The van der Waals surface area contributed by atoms with E-state index in [2.05, 4.69) is 28.7 Å². The fourth-order valence-corrected chi connectivity index (χ4v) is 2.80. The zero-order valence-corrected chi connectivity index (χ0v) is 11.2. The molecule has 1 aromatic rings. The molecule has 2 atom stereocenters. The highest BCUT2D eigenvalue weighted by Crippen LogP contribution is 2.32. The van der Waals surface area contributed by atoms with Gasteiger partial charge in [-0.15, -0.1) is 0 Å². The van der Waals surface area contributed by atoms with Crippen molar-refractivity contribution in [3.63, 3.8) is 0 Å². The highest BCUT2D eigenvalue weighted by molar-refractivity contribution is 4.98. The molecule has 1 aliphatic carbocycles. The maximum atomic E-state index is 4.29. The lowest BCUT2D eigenvalue weighted by Gasteiger charge is -2.17. The fourth-order valence-electron chi connectivity index (χ4n) is 2.80. The molecule has 1 saturated carbocycles. The highest BCUT2D eigenvalue weighted by Gasteiger charge is 2.23. The molecule has 0 bridgehead atoms. The van der Waals surface area contributed by atoms with Gasteiger partial charge in [0.1, 0.15) is 0 Å². The molecule has 1 fully saturated rings. The van der Waals surface area contributed by atoms with Crippen molar-refractivity contribution in [3.05, 3.63) is 18.2 Å². The van der Waals surface area contributed by atoms with Gasteiger partial charge in [-0.1, -0.05) is 26.7 Å². The van der Waals surface area contributed by atoms with Crippen LogP contribution in [0.25, 0.3) is 0 Å². The van der Waals surface area contributed by atoms with Gasteiger partial charge in [0.25, 0.3) is 0 Å². The summed E-state index contributed by atoms with van der Waals surface area (Å²) in [6, 6.07) is 0. The molecule has 1 aliphatic rings. The van der Waals surface area contributed by atoms with E-state index in [9.17, 15) is 0 Å². The van der Waals surface area contributed by atoms with E-state index in [1.165, 1.54) is 31.4 Å². The molecule has 17 heavy (non-hydrogen) atoms. The molecule has 0 amide bonds. The average Bonchev–Trinajstić information content (AvgIpc) is 2.91. The van der Waals surface area contributed by atoms with Gasteiger partial charge in [-0.2, -0.15) is 0 Å². The minimum absolute atomic E-state index is 0.856. The maximum absolute atomic E-state index is 4.29. The number of hydrogen-bond donors (Lipinski definition) is 1. The molecular weight excluding hydrogens is 210 g/mol. The van der Waals surface area contributed by atoms with Crippen LogP contribution < -0.4 is 5.32 Å². The molecule has 96 valence electrons. The molecule has 0 aromatic carbocycles. The third-order valence-electron chi connectivity index (χ3n) is 4.00. The molecule has 0 aliphatic heterocycles. The van der Waals surface area contributed by atoms with Gasteiger partial charge in [0.05, 0.1) is 12.0 Å². The van der Waals surface area contributed by atoms with Gasteiger partial charge >= 0.3 is 0 Å². The molecule has 2 rings (SSSR count). The summed E-state index contributed by atoms with van der Waals surface area (Å²) in [5.41, 5.74) is 1.33. The zero-order chi connectivity index (χ0) is 12.1. The molecule has 2 unspecified atom stereocenters. The van der Waals surface area contributed by atoms with E-state index in [-0.39, 0.29) is 0 Å². The van der Waals surface area contributed by atoms with Crippen LogP contribution in [0.15, 0.2) is 12.5 Å². The summed E-state index contributed by atoms with van der Waals surface area (Å²) in [5.74, 6) is 1.74. The van der Waals surface area contributed by atoms with E-state index in [1.807, 2.05) is 12.5 Å². The van der Waals surface area contributed by atoms with Gasteiger partial charge < -0.3 is 9.88 Å². The van der Waals surface area contributed by atoms with Crippen molar-refractivity contribution in [2.75, 3.05) is 6.54 Å². The van der Waals surface area contributed by atoms with Gasteiger partial charge in [-0.05, 0) is 31.2 Å². The largest absolute Gasteiger partial charge is 0.333 e. The van der Waals surface area contributed by atoms with Crippen LogP contribution in [0.4, 0.5) is 0 Å². The Balaban J connectivity index is 1.89. The van der Waals surface area contributed by atoms with Gasteiger partial charge in [-0.25, -0.2) is 4.98 Å². The average molecular weight is 235 g/mol. The first kappa shape index (κ1) is 12.6. The first-order valence-corrected chi connectivity index (χ1v) is 7.01. The van der Waals surface area contributed by atoms with Gasteiger partial charge in [0.15, 0.2) is 0 Å². The zero-order valence-electron chi connectivity index (χ0n) is 11.2. The van der Waals surface area contributed by atoms with Crippen molar-refractivity contribution in [1.82, 2.24) is 14.9 Å². The van der Waals surface area contributed by atoms with Gasteiger partial charge in [0.2, 0.25) is 0 Å². The Hall–Kier alpha value is -0.830. The van der Waals surface area contributed by atoms with Crippen LogP contribution in [-0.2, 0) is 13.1 Å². The fraction of sp³-hybridized carbons (Fsp3) is 0.786. The summed E-state index contributed by atoms with van der Waals surface area (Å²) in [6.07, 6.45) is 9.39. The Morgan fingerprint density at radius 1 is 1.47 bits per heavy atom. The molecule has 0 radical (unpaired) electrons. The topological polar surface area (TPSA) is 29.9 Å². The summed E-state index contributed by atoms with van der Waals surface area (Å²) in [5, 5.41) is 3.45. The Morgan fingerprint density at radius 3 is 3.06 bits per heavy atom. The number of hydrogen-bond acceptors (Lipinski definition) is 2. The Bertz CT molecular complexity index is 332. The quantitative estimate of drug-likeness (QED) is 0.768. The summed E-state index contributed by atoms with van der Waals surface area (Å²) in [6.45, 7) is 7.79. The summed E-state index contributed by atoms with van der Waals surface area (Å²) in [4.78, 5) is 4.29. The predicted molar refractivity (Wildman–Crippen MR) is 70.7 cm³/mol. The van der Waals surface area contributed by atoms with Crippen LogP contribution in [-0.4, -0.2) is 16.1 Å². The minimum Gasteiger partial charge on any atom is -0.333 e. The number of nitrogens with zero attached hydrogens (tertiary/aromatic N) is 2. The minimum atomic E-state index is 0.856. The Kier molecular flexibility index (Phi) is 4.60. The Morgan fingerprint density at radius 2 is 2.35 bits per heavy atom. The number of nitrogens with one attached hydrogen (secondary N) is 1. The monoisotopic (exact) mass is 235 g/mol. The van der Waals surface area contributed by atoms with Crippen molar-refractivity contribution < 1.29 is 0 Å². The van der Waals surface area contributed by atoms with Crippen molar-refractivity contribution in [3.8, 4) is 0 Å². The second-order valence-electron chi connectivity index (χ2n) is 5.38. The van der Waals surface area contributed by atoms with E-state index < -0.39 is 0 Å². The molecule has 0 spiro atoms. The van der Waals surface area contributed by atoms with E-state index >= 15 is 0 Å². The van der Waals surface area contributed by atoms with Crippen LogP contribution in [0.2, 0.25) is 0 Å². The molecule has 3 heteroatoms. The second-order valence-corrected chi connectivity index (χ2v) is 5.38. The van der Waals surface area contributed by atoms with Crippen molar-refractivity contribution in [1.29, 1.82) is 0 Å². The van der Waals surface area contributed by atoms with E-state index in [0.29, 0.717) is 0 Å². The molecule has 3 nitrogen and oxygen atoms in total. The summed E-state index contributed by atoms with van der Waals surface area (Å²) < 4.78 is 2.34. The van der Waals surface area contributed by atoms with Crippen molar-refractivity contribution in [2.45, 2.75) is 52.6 Å². The SMILES string of the molecule is CCCNCc1cncn1CC1CCCC1C. The molecule has 1 aromatic heterocycles. The molecule has 1 N–H and O–H groups in total. The third-order valence-corrected chi connectivity index (χ3v) is 4.00. The Labute approximate surface area is 105 Å². The van der Waals surface area contributed by atoms with Crippen molar-refractivity contribution >= 4 is 0 Å². The van der Waals surface area contributed by atoms with E-state index in [4.69, 9.17) is 0 Å². The van der Waals surface area contributed by atoms with Crippen LogP contribution >= 0.6 is 0 Å². The van der Waals surface area contributed by atoms with E-state index in [0.717, 1.165) is 31.5 Å². The van der Waals surface area contributed by atoms with Crippen LogP contribution in [0.3, 0.4) is 0 Å². The lowest BCUT2D eigenvalue weighted by atomic mass is 9.98. The van der Waals surface area contributed by atoms with E-state index in [1.54, 1.807) is 0 Å². The van der Waals surface area contributed by atoms with Gasteiger partial charge in [-0.3, -0.25) is 0 Å². The molecule has 0 saturated heterocycles. The highest BCUT2D eigenvalue weighted by atomic mass is 15.1. The smallest absolute Gasteiger partial charge is 0.0948 e. The van der Waals surface area contributed by atoms with Crippen molar-refractivity contribution in [2.24, 2.45) is 11.8 Å². The standard InChI is InChI=1S/C14H25N3/c1-3-7-15-8-14-9-16-11-17(14)10-13-6-4-5-12(13)2/h9,11-13,15H,3-8,10H2,1-2H3. The lowest BCUT2D eigenvalue weighted by Crippen LogP contribution is -2.19. The summed E-state index contributed by atoms with van der Waals surface area (Å²) >= 11 is 0. The van der Waals surface area contributed by atoms with Crippen LogP contribution in [0.5, 0.6) is 0 Å². The number of aromatic nitrogens is 2. The van der Waals surface area contributed by atoms with Gasteiger partial charge in [0, 0.05) is 19.3 Å². The lowest BCUT2D eigenvalue weighted by molar-refractivity contribution is 0.358. The van der Waals surface area contributed by atoms with Crippen LogP contribution in [0.1, 0.15) is 45.2 Å². The molecular formula is C14H25N3. The molecule has 1 heterocycles. The second kappa shape index (κ2) is 6.20. The normalized spacial score (nSPS) is 24.4. The van der Waals surface area contributed by atoms with Crippen LogP contribution in [0, 0.1) is 11.8 Å². The third kappa shape index (κ3) is 3.32. The first-order chi connectivity index (χ1) is 8.31. The number of imidazole rings is 1.